The van der Waals surface area contributed by atoms with E-state index in [1.165, 1.54) is 16.6 Å². The Balaban J connectivity index is 1.61. The van der Waals surface area contributed by atoms with Crippen molar-refractivity contribution in [2.45, 2.75) is 32.7 Å². The van der Waals surface area contributed by atoms with E-state index >= 15 is 0 Å². The summed E-state index contributed by atoms with van der Waals surface area (Å²) in [5, 5.41) is 0. The normalized spacial score (nSPS) is 14.8. The van der Waals surface area contributed by atoms with Crippen LogP contribution in [0.2, 0.25) is 0 Å². The van der Waals surface area contributed by atoms with Crippen LogP contribution in [0.4, 0.5) is 0 Å². The molecule has 0 saturated carbocycles. The maximum Gasteiger partial charge on any atom is 0.141 e. The van der Waals surface area contributed by atoms with E-state index in [0.29, 0.717) is 5.92 Å². The second-order valence-corrected chi connectivity index (χ2v) is 7.31. The van der Waals surface area contributed by atoms with Crippen LogP contribution in [0.3, 0.4) is 0 Å². The highest BCUT2D eigenvalue weighted by molar-refractivity contribution is 5.80. The molecule has 2 aromatic carbocycles. The molecule has 3 aromatic rings. The molecule has 2 heterocycles. The van der Waals surface area contributed by atoms with E-state index in [2.05, 4.69) is 71.8 Å². The lowest BCUT2D eigenvalue weighted by atomic mass is 9.96. The highest BCUT2D eigenvalue weighted by Gasteiger charge is 2.20. The Morgan fingerprint density at radius 1 is 1.04 bits per heavy atom. The van der Waals surface area contributed by atoms with Crippen molar-refractivity contribution in [1.29, 1.82) is 0 Å². The fourth-order valence-corrected chi connectivity index (χ4v) is 3.85. The van der Waals surface area contributed by atoms with Gasteiger partial charge < -0.3 is 14.2 Å². The molecule has 0 radical (unpaired) electrons. The Labute approximate surface area is 161 Å². The van der Waals surface area contributed by atoms with Gasteiger partial charge in [0.25, 0.3) is 0 Å². The molecule has 1 saturated heterocycles. The number of fused-ring (bicyclic) bond motifs is 1. The lowest BCUT2D eigenvalue weighted by Crippen LogP contribution is -2.25. The lowest BCUT2D eigenvalue weighted by molar-refractivity contribution is 0.00843. The monoisotopic (exact) mass is 363 g/mol. The predicted octanol–water partition coefficient (Wildman–Crippen LogP) is 4.55. The molecule has 142 valence electrons. The van der Waals surface area contributed by atoms with Gasteiger partial charge >= 0.3 is 0 Å². The zero-order chi connectivity index (χ0) is 18.6. The van der Waals surface area contributed by atoms with Crippen molar-refractivity contribution in [2.24, 2.45) is 0 Å². The number of hydrogen-bond donors (Lipinski definition) is 0. The first-order valence-corrected chi connectivity index (χ1v) is 10.2. The third-order valence-electron chi connectivity index (χ3n) is 5.68. The fourth-order valence-electron chi connectivity index (χ4n) is 3.85. The molecule has 27 heavy (non-hydrogen) atoms. The minimum atomic E-state index is 0.562. The number of imidazole rings is 1. The quantitative estimate of drug-likeness (QED) is 0.588. The van der Waals surface area contributed by atoms with E-state index in [1.54, 1.807) is 0 Å². The Kier molecular flexibility index (Phi) is 5.55. The van der Waals surface area contributed by atoms with E-state index in [0.717, 1.165) is 57.2 Å². The van der Waals surface area contributed by atoms with Crippen molar-refractivity contribution in [3.05, 3.63) is 54.1 Å². The Morgan fingerprint density at radius 2 is 1.78 bits per heavy atom. The van der Waals surface area contributed by atoms with Crippen molar-refractivity contribution >= 4 is 11.0 Å². The molecule has 4 heteroatoms. The summed E-state index contributed by atoms with van der Waals surface area (Å²) in [7, 11) is 0. The molecule has 0 bridgehead atoms. The highest BCUT2D eigenvalue weighted by Crippen LogP contribution is 2.29. The second kappa shape index (κ2) is 8.24. The number of ether oxygens (including phenoxy) is 1. The molecule has 0 aliphatic carbocycles. The van der Waals surface area contributed by atoms with Crippen LogP contribution >= 0.6 is 0 Å². The third-order valence-corrected chi connectivity index (χ3v) is 5.68. The maximum absolute atomic E-state index is 5.32. The SMILES string of the molecule is CCN(CC)CCCn1c(-c2ccc(C3COC3)cc2)nc2ccccc21. The average Bonchev–Trinajstić information content (AvgIpc) is 3.03. The van der Waals surface area contributed by atoms with Gasteiger partial charge in [0.05, 0.1) is 24.2 Å². The van der Waals surface area contributed by atoms with Gasteiger partial charge in [-0.25, -0.2) is 4.98 Å². The molecule has 0 atom stereocenters. The van der Waals surface area contributed by atoms with Gasteiger partial charge in [0.15, 0.2) is 0 Å². The summed E-state index contributed by atoms with van der Waals surface area (Å²) in [5.74, 6) is 1.64. The maximum atomic E-state index is 5.32. The predicted molar refractivity (Wildman–Crippen MR) is 111 cm³/mol. The first-order valence-electron chi connectivity index (χ1n) is 10.2. The summed E-state index contributed by atoms with van der Waals surface area (Å²) in [6, 6.07) is 17.4. The van der Waals surface area contributed by atoms with Gasteiger partial charge in [-0.05, 0) is 43.8 Å². The standard InChI is InChI=1S/C23H29N3O/c1-3-25(4-2)14-7-15-26-22-9-6-5-8-21(22)24-23(26)19-12-10-18(11-13-19)20-16-27-17-20/h5-6,8-13,20H,3-4,7,14-17H2,1-2H3. The summed E-state index contributed by atoms with van der Waals surface area (Å²) in [5.41, 5.74) is 4.86. The first kappa shape index (κ1) is 18.2. The Hall–Kier alpha value is -2.17. The van der Waals surface area contributed by atoms with Crippen LogP contribution < -0.4 is 0 Å². The number of nitrogens with zero attached hydrogens (tertiary/aromatic N) is 3. The molecule has 1 aliphatic heterocycles. The molecule has 1 aliphatic rings. The van der Waals surface area contributed by atoms with Crippen LogP contribution in [0.1, 0.15) is 31.7 Å². The fraction of sp³-hybridized carbons (Fsp3) is 0.435. The van der Waals surface area contributed by atoms with Crippen molar-refractivity contribution < 1.29 is 4.74 Å². The molecule has 4 nitrogen and oxygen atoms in total. The zero-order valence-corrected chi connectivity index (χ0v) is 16.4. The van der Waals surface area contributed by atoms with E-state index in [-0.39, 0.29) is 0 Å². The van der Waals surface area contributed by atoms with Gasteiger partial charge in [0, 0.05) is 18.0 Å². The van der Waals surface area contributed by atoms with Crippen molar-refractivity contribution in [3.8, 4) is 11.4 Å². The lowest BCUT2D eigenvalue weighted by Gasteiger charge is -2.26. The van der Waals surface area contributed by atoms with E-state index in [4.69, 9.17) is 9.72 Å². The largest absolute Gasteiger partial charge is 0.380 e. The smallest absolute Gasteiger partial charge is 0.141 e. The summed E-state index contributed by atoms with van der Waals surface area (Å²) in [4.78, 5) is 7.43. The number of hydrogen-bond acceptors (Lipinski definition) is 3. The number of benzene rings is 2. The molecule has 0 amide bonds. The molecular weight excluding hydrogens is 334 g/mol. The summed E-state index contributed by atoms with van der Waals surface area (Å²) < 4.78 is 7.71. The van der Waals surface area contributed by atoms with Gasteiger partial charge in [-0.2, -0.15) is 0 Å². The number of aryl methyl sites for hydroxylation is 1. The summed E-state index contributed by atoms with van der Waals surface area (Å²) >= 11 is 0. The van der Waals surface area contributed by atoms with Crippen LogP contribution in [0.15, 0.2) is 48.5 Å². The summed E-state index contributed by atoms with van der Waals surface area (Å²) in [6.07, 6.45) is 1.13. The van der Waals surface area contributed by atoms with Gasteiger partial charge in [0.1, 0.15) is 5.82 Å². The Bertz CT molecular complexity index is 876. The number of aromatic nitrogens is 2. The van der Waals surface area contributed by atoms with Crippen molar-refractivity contribution in [3.63, 3.8) is 0 Å². The van der Waals surface area contributed by atoms with Crippen molar-refractivity contribution in [1.82, 2.24) is 14.5 Å². The van der Waals surface area contributed by atoms with Crippen molar-refractivity contribution in [2.75, 3.05) is 32.8 Å². The molecule has 4 rings (SSSR count). The van der Waals surface area contributed by atoms with Gasteiger partial charge in [-0.1, -0.05) is 50.2 Å². The summed E-state index contributed by atoms with van der Waals surface area (Å²) in [6.45, 7) is 10.5. The van der Waals surface area contributed by atoms with E-state index < -0.39 is 0 Å². The van der Waals surface area contributed by atoms with Crippen LogP contribution in [-0.2, 0) is 11.3 Å². The average molecular weight is 364 g/mol. The molecular formula is C23H29N3O. The van der Waals surface area contributed by atoms with E-state index in [1.807, 2.05) is 0 Å². The van der Waals surface area contributed by atoms with Crippen LogP contribution in [0, 0.1) is 0 Å². The number of para-hydroxylation sites is 2. The van der Waals surface area contributed by atoms with Gasteiger partial charge in [-0.3, -0.25) is 0 Å². The van der Waals surface area contributed by atoms with Crippen LogP contribution in [0.25, 0.3) is 22.4 Å². The molecule has 1 fully saturated rings. The second-order valence-electron chi connectivity index (χ2n) is 7.31. The molecule has 1 aromatic heterocycles. The molecule has 0 N–H and O–H groups in total. The zero-order valence-electron chi connectivity index (χ0n) is 16.4. The first-order chi connectivity index (χ1) is 13.3. The topological polar surface area (TPSA) is 30.3 Å². The Morgan fingerprint density at radius 3 is 2.44 bits per heavy atom. The molecule has 0 unspecified atom stereocenters. The van der Waals surface area contributed by atoms with Crippen LogP contribution in [-0.4, -0.2) is 47.3 Å². The number of rotatable bonds is 8. The van der Waals surface area contributed by atoms with E-state index in [9.17, 15) is 0 Å². The highest BCUT2D eigenvalue weighted by atomic mass is 16.5. The van der Waals surface area contributed by atoms with Crippen LogP contribution in [0.5, 0.6) is 0 Å². The molecule has 0 spiro atoms. The van der Waals surface area contributed by atoms with Gasteiger partial charge in [-0.15, -0.1) is 0 Å². The minimum absolute atomic E-state index is 0.562. The third kappa shape index (κ3) is 3.78. The minimum Gasteiger partial charge on any atom is -0.380 e. The van der Waals surface area contributed by atoms with Gasteiger partial charge in [0.2, 0.25) is 0 Å².